The molecule has 110 valence electrons. The van der Waals surface area contributed by atoms with Crippen LogP contribution in [0.15, 0.2) is 24.3 Å². The van der Waals surface area contributed by atoms with Crippen molar-refractivity contribution < 1.29 is 4.79 Å². The second-order valence-electron chi connectivity index (χ2n) is 7.08. The van der Waals surface area contributed by atoms with Crippen LogP contribution >= 0.6 is 0 Å². The van der Waals surface area contributed by atoms with Crippen LogP contribution in [0.1, 0.15) is 52.0 Å². The van der Waals surface area contributed by atoms with Gasteiger partial charge in [-0.05, 0) is 41.8 Å². The van der Waals surface area contributed by atoms with Crippen molar-refractivity contribution in [3.63, 3.8) is 0 Å². The number of hydrogen-bond acceptors (Lipinski definition) is 2. The Morgan fingerprint density at radius 2 is 1.95 bits per heavy atom. The van der Waals surface area contributed by atoms with Crippen LogP contribution in [-0.2, 0) is 10.2 Å². The van der Waals surface area contributed by atoms with Crippen LogP contribution in [0.2, 0.25) is 0 Å². The molecule has 0 aromatic heterocycles. The zero-order valence-corrected chi connectivity index (χ0v) is 12.8. The Labute approximate surface area is 121 Å². The average Bonchev–Trinajstić information content (AvgIpc) is 2.33. The zero-order chi connectivity index (χ0) is 14.8. The summed E-state index contributed by atoms with van der Waals surface area (Å²) in [5.41, 5.74) is 8.00. The van der Waals surface area contributed by atoms with Gasteiger partial charge in [-0.25, -0.2) is 0 Å². The van der Waals surface area contributed by atoms with E-state index in [4.69, 9.17) is 5.73 Å². The van der Waals surface area contributed by atoms with E-state index in [-0.39, 0.29) is 16.7 Å². The van der Waals surface area contributed by atoms with Crippen LogP contribution in [0.3, 0.4) is 0 Å². The van der Waals surface area contributed by atoms with Gasteiger partial charge in [0.15, 0.2) is 0 Å². The van der Waals surface area contributed by atoms with Crippen molar-refractivity contribution in [2.75, 3.05) is 11.9 Å². The SMILES string of the molecule is CC(C)(C)c1ccccc1NC(=O)CC1(CN)CCC1. The first-order valence-electron chi connectivity index (χ1n) is 7.46. The molecule has 3 heteroatoms. The smallest absolute Gasteiger partial charge is 0.224 e. The first-order chi connectivity index (χ1) is 9.36. The lowest BCUT2D eigenvalue weighted by molar-refractivity contribution is -0.119. The predicted octanol–water partition coefficient (Wildman–Crippen LogP) is 3.44. The minimum Gasteiger partial charge on any atom is -0.330 e. The highest BCUT2D eigenvalue weighted by atomic mass is 16.1. The largest absolute Gasteiger partial charge is 0.330 e. The Kier molecular flexibility index (Phi) is 4.19. The molecular weight excluding hydrogens is 248 g/mol. The first-order valence-corrected chi connectivity index (χ1v) is 7.46. The number of carbonyl (C=O) groups is 1. The fourth-order valence-electron chi connectivity index (χ4n) is 2.91. The van der Waals surface area contributed by atoms with Gasteiger partial charge in [0.25, 0.3) is 0 Å². The van der Waals surface area contributed by atoms with Crippen LogP contribution in [0.25, 0.3) is 0 Å². The molecule has 3 N–H and O–H groups in total. The number of amides is 1. The standard InChI is InChI=1S/C17H26N2O/c1-16(2,3)13-7-4-5-8-14(13)19-15(20)11-17(12-18)9-6-10-17/h4-5,7-8H,6,9-12,18H2,1-3H3,(H,19,20). The van der Waals surface area contributed by atoms with E-state index >= 15 is 0 Å². The third-order valence-corrected chi connectivity index (χ3v) is 4.39. The molecule has 1 aliphatic rings. The molecule has 0 heterocycles. The van der Waals surface area contributed by atoms with E-state index in [1.807, 2.05) is 18.2 Å². The fraction of sp³-hybridized carbons (Fsp3) is 0.588. The number of benzene rings is 1. The molecule has 1 aromatic carbocycles. The van der Waals surface area contributed by atoms with E-state index < -0.39 is 0 Å². The molecule has 0 bridgehead atoms. The van der Waals surface area contributed by atoms with E-state index in [1.54, 1.807) is 0 Å². The summed E-state index contributed by atoms with van der Waals surface area (Å²) in [4.78, 5) is 12.3. The minimum absolute atomic E-state index is 0.0197. The van der Waals surface area contributed by atoms with Crippen molar-refractivity contribution in [2.45, 2.75) is 51.9 Å². The van der Waals surface area contributed by atoms with Gasteiger partial charge in [0.05, 0.1) is 0 Å². The summed E-state index contributed by atoms with van der Waals surface area (Å²) in [6.07, 6.45) is 3.90. The average molecular weight is 274 g/mol. The predicted molar refractivity (Wildman–Crippen MR) is 83.7 cm³/mol. The van der Waals surface area contributed by atoms with Crippen LogP contribution in [0.4, 0.5) is 5.69 Å². The van der Waals surface area contributed by atoms with Gasteiger partial charge in [-0.2, -0.15) is 0 Å². The van der Waals surface area contributed by atoms with Crippen LogP contribution in [0, 0.1) is 5.41 Å². The van der Waals surface area contributed by atoms with Crippen LogP contribution < -0.4 is 11.1 Å². The van der Waals surface area contributed by atoms with Gasteiger partial charge in [-0.15, -0.1) is 0 Å². The summed E-state index contributed by atoms with van der Waals surface area (Å²) >= 11 is 0. The van der Waals surface area contributed by atoms with Crippen molar-refractivity contribution in [1.82, 2.24) is 0 Å². The normalized spacial score (nSPS) is 17.4. The Morgan fingerprint density at radius 3 is 2.45 bits per heavy atom. The molecule has 1 fully saturated rings. The van der Waals surface area contributed by atoms with Gasteiger partial charge in [0.2, 0.25) is 5.91 Å². The van der Waals surface area contributed by atoms with E-state index in [1.165, 1.54) is 12.0 Å². The van der Waals surface area contributed by atoms with Crippen LogP contribution in [-0.4, -0.2) is 12.5 Å². The molecular formula is C17H26N2O. The molecule has 0 saturated heterocycles. The van der Waals surface area contributed by atoms with Gasteiger partial charge in [0.1, 0.15) is 0 Å². The highest BCUT2D eigenvalue weighted by molar-refractivity contribution is 5.92. The molecule has 2 rings (SSSR count). The quantitative estimate of drug-likeness (QED) is 0.883. The second-order valence-corrected chi connectivity index (χ2v) is 7.08. The first kappa shape index (κ1) is 15.0. The molecule has 0 spiro atoms. The molecule has 0 unspecified atom stereocenters. The number of nitrogens with two attached hydrogens (primary N) is 1. The van der Waals surface area contributed by atoms with Crippen molar-refractivity contribution in [3.05, 3.63) is 29.8 Å². The third kappa shape index (κ3) is 3.21. The number of para-hydroxylation sites is 1. The highest BCUT2D eigenvalue weighted by Gasteiger charge is 2.37. The Balaban J connectivity index is 2.08. The Hall–Kier alpha value is -1.35. The van der Waals surface area contributed by atoms with Crippen molar-refractivity contribution in [3.8, 4) is 0 Å². The van der Waals surface area contributed by atoms with Gasteiger partial charge in [-0.1, -0.05) is 45.4 Å². The molecule has 1 amide bonds. The van der Waals surface area contributed by atoms with E-state index in [2.05, 4.69) is 32.2 Å². The minimum atomic E-state index is 0.0197. The summed E-state index contributed by atoms with van der Waals surface area (Å²) in [5, 5.41) is 3.08. The monoisotopic (exact) mass is 274 g/mol. The maximum absolute atomic E-state index is 12.3. The number of nitrogens with one attached hydrogen (secondary N) is 1. The number of carbonyl (C=O) groups excluding carboxylic acids is 1. The highest BCUT2D eigenvalue weighted by Crippen LogP contribution is 2.43. The second kappa shape index (κ2) is 5.57. The van der Waals surface area contributed by atoms with Gasteiger partial charge < -0.3 is 11.1 Å². The van der Waals surface area contributed by atoms with Crippen molar-refractivity contribution in [2.24, 2.45) is 11.1 Å². The van der Waals surface area contributed by atoms with Gasteiger partial charge in [0, 0.05) is 12.1 Å². The zero-order valence-electron chi connectivity index (χ0n) is 12.8. The summed E-state index contributed by atoms with van der Waals surface area (Å²) < 4.78 is 0. The lowest BCUT2D eigenvalue weighted by Crippen LogP contribution is -2.40. The molecule has 3 nitrogen and oxygen atoms in total. The van der Waals surface area contributed by atoms with E-state index in [0.717, 1.165) is 18.5 Å². The van der Waals surface area contributed by atoms with Crippen LogP contribution in [0.5, 0.6) is 0 Å². The Bertz CT molecular complexity index is 478. The van der Waals surface area contributed by atoms with Gasteiger partial charge >= 0.3 is 0 Å². The number of anilines is 1. The maximum Gasteiger partial charge on any atom is 0.224 e. The van der Waals surface area contributed by atoms with Crippen molar-refractivity contribution >= 4 is 11.6 Å². The Morgan fingerprint density at radius 1 is 1.30 bits per heavy atom. The molecule has 1 aromatic rings. The molecule has 1 aliphatic carbocycles. The number of rotatable bonds is 4. The summed E-state index contributed by atoms with van der Waals surface area (Å²) in [6.45, 7) is 7.09. The maximum atomic E-state index is 12.3. The summed E-state index contributed by atoms with van der Waals surface area (Å²) in [6, 6.07) is 8.04. The van der Waals surface area contributed by atoms with E-state index in [0.29, 0.717) is 13.0 Å². The van der Waals surface area contributed by atoms with Crippen molar-refractivity contribution in [1.29, 1.82) is 0 Å². The lowest BCUT2D eigenvalue weighted by Gasteiger charge is -2.40. The van der Waals surface area contributed by atoms with E-state index in [9.17, 15) is 4.79 Å². The topological polar surface area (TPSA) is 55.1 Å². The van der Waals surface area contributed by atoms with Gasteiger partial charge in [-0.3, -0.25) is 4.79 Å². The molecule has 20 heavy (non-hydrogen) atoms. The molecule has 1 saturated carbocycles. The number of hydrogen-bond donors (Lipinski definition) is 2. The molecule has 0 aliphatic heterocycles. The lowest BCUT2D eigenvalue weighted by atomic mass is 9.66. The molecule has 0 atom stereocenters. The fourth-order valence-corrected chi connectivity index (χ4v) is 2.91. The third-order valence-electron chi connectivity index (χ3n) is 4.39. The summed E-state index contributed by atoms with van der Waals surface area (Å²) in [7, 11) is 0. The summed E-state index contributed by atoms with van der Waals surface area (Å²) in [5.74, 6) is 0.0897. The molecule has 0 radical (unpaired) electrons.